The largest absolute Gasteiger partial charge is 0.392 e. The maximum Gasteiger partial charge on any atom is 0.243 e. The molecule has 0 aromatic carbocycles. The molecule has 5 atom stereocenters. The molecule has 0 radical (unpaired) electrons. The number of hydrogen-bond acceptors (Lipinski definition) is 5. The fourth-order valence-electron chi connectivity index (χ4n) is 4.38. The molecule has 1 saturated carbocycles. The van der Waals surface area contributed by atoms with Gasteiger partial charge in [0.25, 0.3) is 0 Å². The van der Waals surface area contributed by atoms with Gasteiger partial charge in [0.1, 0.15) is 6.04 Å². The Morgan fingerprint density at radius 2 is 1.79 bits per heavy atom. The summed E-state index contributed by atoms with van der Waals surface area (Å²) in [5.74, 6) is -0.421. The number of carbonyl (C=O) groups is 3. The van der Waals surface area contributed by atoms with Crippen LogP contribution in [0.3, 0.4) is 0 Å². The van der Waals surface area contributed by atoms with Crippen LogP contribution in [-0.2, 0) is 14.4 Å². The molecule has 29 heavy (non-hydrogen) atoms. The summed E-state index contributed by atoms with van der Waals surface area (Å²) in [6.45, 7) is 6.30. The van der Waals surface area contributed by atoms with Gasteiger partial charge >= 0.3 is 0 Å². The maximum atomic E-state index is 13.1. The minimum absolute atomic E-state index is 0.0430. The summed E-state index contributed by atoms with van der Waals surface area (Å²) >= 11 is 0. The second kappa shape index (κ2) is 11.6. The van der Waals surface area contributed by atoms with Crippen LogP contribution in [0.4, 0.5) is 0 Å². The van der Waals surface area contributed by atoms with E-state index < -0.39 is 24.2 Å². The van der Waals surface area contributed by atoms with Crippen LogP contribution < -0.4 is 16.0 Å². The van der Waals surface area contributed by atoms with E-state index in [9.17, 15) is 19.5 Å². The van der Waals surface area contributed by atoms with Crippen molar-refractivity contribution in [3.05, 3.63) is 0 Å². The van der Waals surface area contributed by atoms with Crippen LogP contribution in [0.2, 0.25) is 0 Å². The van der Waals surface area contributed by atoms with Crippen LogP contribution in [0, 0.1) is 11.8 Å². The highest BCUT2D eigenvalue weighted by atomic mass is 16.3. The molecule has 2 amide bonds. The van der Waals surface area contributed by atoms with E-state index in [0.29, 0.717) is 19.4 Å². The van der Waals surface area contributed by atoms with Crippen molar-refractivity contribution in [1.29, 1.82) is 0 Å². The van der Waals surface area contributed by atoms with Gasteiger partial charge in [-0.15, -0.1) is 0 Å². The second-order valence-electron chi connectivity index (χ2n) is 8.81. The molecule has 0 bridgehead atoms. The third-order valence-corrected chi connectivity index (χ3v) is 6.46. The smallest absolute Gasteiger partial charge is 0.243 e. The normalized spacial score (nSPS) is 25.8. The van der Waals surface area contributed by atoms with Gasteiger partial charge in [-0.1, -0.05) is 52.9 Å². The topological polar surface area (TPSA) is 108 Å². The fourth-order valence-corrected chi connectivity index (χ4v) is 4.38. The number of hydrogen-bond donors (Lipinski definition) is 4. The summed E-state index contributed by atoms with van der Waals surface area (Å²) in [5, 5.41) is 18.5. The van der Waals surface area contributed by atoms with Gasteiger partial charge in [0.15, 0.2) is 5.78 Å². The van der Waals surface area contributed by atoms with E-state index >= 15 is 0 Å². The molecule has 0 unspecified atom stereocenters. The average molecular weight is 410 g/mol. The van der Waals surface area contributed by atoms with Crippen molar-refractivity contribution in [3.8, 4) is 0 Å². The molecule has 1 heterocycles. The van der Waals surface area contributed by atoms with Crippen LogP contribution in [0.15, 0.2) is 0 Å². The van der Waals surface area contributed by atoms with Crippen LogP contribution >= 0.6 is 0 Å². The zero-order valence-corrected chi connectivity index (χ0v) is 18.2. The van der Waals surface area contributed by atoms with E-state index in [2.05, 4.69) is 16.0 Å². The summed E-state index contributed by atoms with van der Waals surface area (Å²) in [7, 11) is 0. The van der Waals surface area contributed by atoms with Crippen LogP contribution in [0.1, 0.15) is 78.6 Å². The third kappa shape index (κ3) is 6.78. The molecule has 2 aliphatic rings. The van der Waals surface area contributed by atoms with Gasteiger partial charge in [-0.05, 0) is 31.6 Å². The van der Waals surface area contributed by atoms with Gasteiger partial charge in [0, 0.05) is 12.5 Å². The molecular formula is C22H39N3O4. The van der Waals surface area contributed by atoms with E-state index in [1.54, 1.807) is 0 Å². The van der Waals surface area contributed by atoms with Crippen molar-refractivity contribution in [1.82, 2.24) is 16.0 Å². The van der Waals surface area contributed by atoms with Gasteiger partial charge in [-0.3, -0.25) is 14.4 Å². The zero-order valence-electron chi connectivity index (χ0n) is 18.2. The maximum absolute atomic E-state index is 13.1. The molecule has 2 fully saturated rings. The predicted molar refractivity (Wildman–Crippen MR) is 112 cm³/mol. The molecule has 7 heteroatoms. The van der Waals surface area contributed by atoms with Gasteiger partial charge in [-0.25, -0.2) is 0 Å². The molecule has 2 rings (SSSR count). The number of amides is 2. The van der Waals surface area contributed by atoms with Gasteiger partial charge in [-0.2, -0.15) is 0 Å². The van der Waals surface area contributed by atoms with E-state index in [1.165, 1.54) is 6.42 Å². The summed E-state index contributed by atoms with van der Waals surface area (Å²) in [6.07, 6.45) is 7.14. The Balaban J connectivity index is 2.03. The Hall–Kier alpha value is -1.47. The van der Waals surface area contributed by atoms with Gasteiger partial charge in [0.05, 0.1) is 18.2 Å². The molecule has 7 nitrogen and oxygen atoms in total. The minimum Gasteiger partial charge on any atom is -0.392 e. The lowest BCUT2D eigenvalue weighted by atomic mass is 9.82. The molecule has 4 N–H and O–H groups in total. The molecule has 166 valence electrons. The lowest BCUT2D eigenvalue weighted by molar-refractivity contribution is -0.134. The van der Waals surface area contributed by atoms with E-state index in [1.807, 2.05) is 20.8 Å². The summed E-state index contributed by atoms with van der Waals surface area (Å²) in [6, 6.07) is -1.66. The highest BCUT2D eigenvalue weighted by Gasteiger charge is 2.35. The Bertz CT molecular complexity index is 562. The van der Waals surface area contributed by atoms with Crippen LogP contribution in [0.5, 0.6) is 0 Å². The Morgan fingerprint density at radius 1 is 1.10 bits per heavy atom. The molecular weight excluding hydrogens is 370 g/mol. The van der Waals surface area contributed by atoms with Crippen molar-refractivity contribution in [2.24, 2.45) is 11.8 Å². The Morgan fingerprint density at radius 3 is 2.34 bits per heavy atom. The first-order valence-electron chi connectivity index (χ1n) is 11.4. The highest BCUT2D eigenvalue weighted by molar-refractivity contribution is 5.94. The van der Waals surface area contributed by atoms with Gasteiger partial charge in [0.2, 0.25) is 11.8 Å². The summed E-state index contributed by atoms with van der Waals surface area (Å²) in [4.78, 5) is 38.7. The fraction of sp³-hybridized carbons (Fsp3) is 0.864. The highest BCUT2D eigenvalue weighted by Crippen LogP contribution is 2.26. The van der Waals surface area contributed by atoms with Crippen molar-refractivity contribution >= 4 is 17.6 Å². The SMILES string of the molecule is CCC[C@H](NC(=O)[C@@H](NC(=O)[C@@H]1C[C@@H](O)CN1)[C@@H](C)CC)C(=O)C1CCCCC1. The number of ketones is 1. The number of nitrogens with one attached hydrogen (secondary N) is 3. The molecule has 1 aliphatic carbocycles. The number of Topliss-reactive ketones (excluding diaryl/α,β-unsaturated/α-hetero) is 1. The molecule has 1 saturated heterocycles. The molecule has 1 aliphatic heterocycles. The number of aliphatic hydroxyl groups is 1. The second-order valence-corrected chi connectivity index (χ2v) is 8.81. The van der Waals surface area contributed by atoms with E-state index in [-0.39, 0.29) is 29.4 Å². The minimum atomic E-state index is -0.689. The van der Waals surface area contributed by atoms with E-state index in [4.69, 9.17) is 0 Å². The van der Waals surface area contributed by atoms with Crippen molar-refractivity contribution in [2.75, 3.05) is 6.54 Å². The summed E-state index contributed by atoms with van der Waals surface area (Å²) < 4.78 is 0. The van der Waals surface area contributed by atoms with Gasteiger partial charge < -0.3 is 21.1 Å². The zero-order chi connectivity index (χ0) is 21.4. The number of rotatable bonds is 10. The molecule has 0 spiro atoms. The van der Waals surface area contributed by atoms with Crippen molar-refractivity contribution in [3.63, 3.8) is 0 Å². The summed E-state index contributed by atoms with van der Waals surface area (Å²) in [5.41, 5.74) is 0. The van der Waals surface area contributed by atoms with Crippen LogP contribution in [-0.4, -0.2) is 53.5 Å². The predicted octanol–water partition coefficient (Wildman–Crippen LogP) is 1.67. The third-order valence-electron chi connectivity index (χ3n) is 6.46. The lowest BCUT2D eigenvalue weighted by Gasteiger charge is -2.29. The first-order chi connectivity index (χ1) is 13.9. The monoisotopic (exact) mass is 409 g/mol. The van der Waals surface area contributed by atoms with Crippen molar-refractivity contribution < 1.29 is 19.5 Å². The molecule has 0 aromatic rings. The number of aliphatic hydroxyl groups excluding tert-OH is 1. The quantitative estimate of drug-likeness (QED) is 0.439. The standard InChI is InChI=1S/C22H39N3O4/c1-4-9-17(20(27)15-10-7-6-8-11-15)24-22(29)19(14(3)5-2)25-21(28)18-12-16(26)13-23-18/h14-19,23,26H,4-13H2,1-3H3,(H,24,29)(H,25,28)/t14-,16+,17-,18-,19-/m0/s1. The van der Waals surface area contributed by atoms with Crippen LogP contribution in [0.25, 0.3) is 0 Å². The number of carbonyl (C=O) groups excluding carboxylic acids is 3. The van der Waals surface area contributed by atoms with E-state index in [0.717, 1.165) is 38.5 Å². The molecule has 0 aromatic heterocycles. The van der Waals surface area contributed by atoms with Crippen molar-refractivity contribution in [2.45, 2.75) is 103 Å². The average Bonchev–Trinajstić information content (AvgIpc) is 3.17. The number of β-amino-alcohol motifs (C(OH)–C–C–N with tert-alkyl or cyclic N) is 1. The Kier molecular flexibility index (Phi) is 9.56. The first-order valence-corrected chi connectivity index (χ1v) is 11.4. The lowest BCUT2D eigenvalue weighted by Crippen LogP contribution is -2.57. The Labute approximate surface area is 174 Å². The first kappa shape index (κ1) is 23.8.